The van der Waals surface area contributed by atoms with Crippen molar-refractivity contribution in [1.82, 2.24) is 9.80 Å². The van der Waals surface area contributed by atoms with Gasteiger partial charge in [-0.3, -0.25) is 4.79 Å². The van der Waals surface area contributed by atoms with Crippen molar-refractivity contribution in [3.63, 3.8) is 0 Å². The molecule has 0 atom stereocenters. The minimum Gasteiger partial charge on any atom is -0.492 e. The third-order valence-electron chi connectivity index (χ3n) is 3.36. The van der Waals surface area contributed by atoms with Crippen molar-refractivity contribution in [1.29, 1.82) is 0 Å². The molecule has 0 spiro atoms. The lowest BCUT2D eigenvalue weighted by Crippen LogP contribution is -2.39. The molecule has 1 aromatic rings. The van der Waals surface area contributed by atoms with Gasteiger partial charge in [0.25, 0.3) is 0 Å². The Labute approximate surface area is 175 Å². The molecule has 1 rings (SSSR count). The molecule has 0 radical (unpaired) electrons. The Morgan fingerprint density at radius 1 is 1.11 bits per heavy atom. The summed E-state index contributed by atoms with van der Waals surface area (Å²) in [4.78, 5) is 27.1. The largest absolute Gasteiger partial charge is 0.492 e. The summed E-state index contributed by atoms with van der Waals surface area (Å²) in [7, 11) is 3.39. The van der Waals surface area contributed by atoms with Crippen molar-refractivity contribution < 1.29 is 19.1 Å². The van der Waals surface area contributed by atoms with Crippen molar-refractivity contribution in [2.24, 2.45) is 0 Å². The summed E-state index contributed by atoms with van der Waals surface area (Å²) in [6, 6.07) is 7.73. The first-order chi connectivity index (χ1) is 12.6. The van der Waals surface area contributed by atoms with Gasteiger partial charge in [-0.15, -0.1) is 0 Å². The number of hydrogen-bond acceptors (Lipinski definition) is 4. The van der Waals surface area contributed by atoms with Crippen LogP contribution >= 0.6 is 22.6 Å². The standard InChI is InChI=1S/C20H29IN2O4/c1-20(2,3)27-19(25)23(13-7-6-8-18(24)22(4)5)14-15-26-17-11-9-16(21)10-12-17/h6,8-12H,7,13-15H2,1-5H3/b8-6+. The minimum atomic E-state index is -0.566. The molecule has 1 aromatic carbocycles. The van der Waals surface area contributed by atoms with E-state index in [2.05, 4.69) is 22.6 Å². The molecule has 0 unspecified atom stereocenters. The molecule has 0 aromatic heterocycles. The number of hydrogen-bond donors (Lipinski definition) is 0. The van der Waals surface area contributed by atoms with E-state index in [1.165, 1.54) is 11.0 Å². The molecule has 7 heteroatoms. The first-order valence-corrected chi connectivity index (χ1v) is 9.90. The van der Waals surface area contributed by atoms with Crippen molar-refractivity contribution in [2.75, 3.05) is 33.8 Å². The van der Waals surface area contributed by atoms with Crippen LogP contribution in [0.1, 0.15) is 27.2 Å². The molecule has 6 nitrogen and oxygen atoms in total. The van der Waals surface area contributed by atoms with E-state index in [0.717, 1.165) is 9.32 Å². The topological polar surface area (TPSA) is 59.1 Å². The lowest BCUT2D eigenvalue weighted by molar-refractivity contribution is -0.123. The van der Waals surface area contributed by atoms with E-state index in [0.29, 0.717) is 26.1 Å². The van der Waals surface area contributed by atoms with Gasteiger partial charge < -0.3 is 19.3 Å². The van der Waals surface area contributed by atoms with Crippen LogP contribution in [0.2, 0.25) is 0 Å². The van der Waals surface area contributed by atoms with Crippen molar-refractivity contribution >= 4 is 34.6 Å². The monoisotopic (exact) mass is 488 g/mol. The van der Waals surface area contributed by atoms with Crippen LogP contribution in [0.4, 0.5) is 4.79 Å². The number of benzene rings is 1. The van der Waals surface area contributed by atoms with Crippen molar-refractivity contribution in [3.8, 4) is 5.75 Å². The molecule has 0 N–H and O–H groups in total. The van der Waals surface area contributed by atoms with Gasteiger partial charge in [0.15, 0.2) is 0 Å². The highest BCUT2D eigenvalue weighted by molar-refractivity contribution is 14.1. The molecule has 0 saturated heterocycles. The highest BCUT2D eigenvalue weighted by atomic mass is 127. The molecule has 0 aliphatic rings. The summed E-state index contributed by atoms with van der Waals surface area (Å²) in [6.07, 6.45) is 3.44. The van der Waals surface area contributed by atoms with Crippen LogP contribution in [0.15, 0.2) is 36.4 Å². The number of carbonyl (C=O) groups is 2. The van der Waals surface area contributed by atoms with Crippen LogP contribution in [0, 0.1) is 3.57 Å². The zero-order valence-electron chi connectivity index (χ0n) is 16.7. The Morgan fingerprint density at radius 2 is 1.74 bits per heavy atom. The van der Waals surface area contributed by atoms with Gasteiger partial charge >= 0.3 is 6.09 Å². The van der Waals surface area contributed by atoms with Crippen LogP contribution < -0.4 is 4.74 Å². The van der Waals surface area contributed by atoms with E-state index in [9.17, 15) is 9.59 Å². The van der Waals surface area contributed by atoms with Gasteiger partial charge in [-0.25, -0.2) is 4.79 Å². The summed E-state index contributed by atoms with van der Waals surface area (Å²) < 4.78 is 12.3. The quantitative estimate of drug-likeness (QED) is 0.411. The Bertz CT molecular complexity index is 636. The van der Waals surface area contributed by atoms with Gasteiger partial charge in [0.2, 0.25) is 5.91 Å². The molecule has 0 bridgehead atoms. The lowest BCUT2D eigenvalue weighted by atomic mass is 10.2. The van der Waals surface area contributed by atoms with Gasteiger partial charge in [-0.05, 0) is 80.1 Å². The van der Waals surface area contributed by atoms with Crippen LogP contribution in [0.5, 0.6) is 5.75 Å². The maximum absolute atomic E-state index is 12.4. The van der Waals surface area contributed by atoms with Gasteiger partial charge in [0, 0.05) is 24.2 Å². The molecule has 2 amide bonds. The normalized spacial score (nSPS) is 11.3. The van der Waals surface area contributed by atoms with Gasteiger partial charge in [-0.1, -0.05) is 6.08 Å². The van der Waals surface area contributed by atoms with E-state index >= 15 is 0 Å². The van der Waals surface area contributed by atoms with Crippen molar-refractivity contribution in [3.05, 3.63) is 40.0 Å². The number of ether oxygens (including phenoxy) is 2. The lowest BCUT2D eigenvalue weighted by Gasteiger charge is -2.27. The second kappa shape index (κ2) is 11.2. The second-order valence-corrected chi connectivity index (χ2v) is 8.44. The molecular formula is C20H29IN2O4. The Balaban J connectivity index is 2.60. The van der Waals surface area contributed by atoms with Crippen LogP contribution in [0.25, 0.3) is 0 Å². The van der Waals surface area contributed by atoms with Crippen LogP contribution in [-0.2, 0) is 9.53 Å². The fourth-order valence-electron chi connectivity index (χ4n) is 1.99. The summed E-state index contributed by atoms with van der Waals surface area (Å²) in [5.41, 5.74) is -0.566. The van der Waals surface area contributed by atoms with E-state index < -0.39 is 5.60 Å². The summed E-state index contributed by atoms with van der Waals surface area (Å²) in [6.45, 7) is 6.71. The van der Waals surface area contributed by atoms with Crippen LogP contribution in [-0.4, -0.2) is 61.2 Å². The smallest absolute Gasteiger partial charge is 0.410 e. The Kier molecular flexibility index (Phi) is 9.62. The molecular weight excluding hydrogens is 459 g/mol. The highest BCUT2D eigenvalue weighted by Gasteiger charge is 2.21. The molecule has 150 valence electrons. The molecule has 0 fully saturated rings. The predicted molar refractivity (Wildman–Crippen MR) is 115 cm³/mol. The van der Waals surface area contributed by atoms with E-state index in [-0.39, 0.29) is 12.0 Å². The minimum absolute atomic E-state index is 0.0825. The molecule has 0 heterocycles. The van der Waals surface area contributed by atoms with E-state index in [1.54, 1.807) is 25.1 Å². The summed E-state index contributed by atoms with van der Waals surface area (Å²) in [5, 5.41) is 0. The SMILES string of the molecule is CN(C)C(=O)/C=C/CCN(CCOc1ccc(I)cc1)C(=O)OC(C)(C)C. The average Bonchev–Trinajstić information content (AvgIpc) is 2.56. The number of amides is 2. The maximum atomic E-state index is 12.4. The summed E-state index contributed by atoms with van der Waals surface area (Å²) >= 11 is 2.23. The number of likely N-dealkylation sites (N-methyl/N-ethyl adjacent to an activating group) is 1. The highest BCUT2D eigenvalue weighted by Crippen LogP contribution is 2.14. The number of rotatable bonds is 8. The Morgan fingerprint density at radius 3 is 2.30 bits per heavy atom. The number of halogens is 1. The van der Waals surface area contributed by atoms with E-state index in [4.69, 9.17) is 9.47 Å². The van der Waals surface area contributed by atoms with Gasteiger partial charge in [-0.2, -0.15) is 0 Å². The summed E-state index contributed by atoms with van der Waals surface area (Å²) in [5.74, 6) is 0.678. The molecule has 0 aliphatic heterocycles. The molecule has 0 aliphatic carbocycles. The zero-order valence-corrected chi connectivity index (χ0v) is 18.9. The van der Waals surface area contributed by atoms with Gasteiger partial charge in [0.1, 0.15) is 18.0 Å². The average molecular weight is 488 g/mol. The third-order valence-corrected chi connectivity index (χ3v) is 4.08. The molecule has 0 saturated carbocycles. The first kappa shape index (κ1) is 23.3. The molecule has 27 heavy (non-hydrogen) atoms. The number of nitrogens with zero attached hydrogens (tertiary/aromatic N) is 2. The predicted octanol–water partition coefficient (Wildman–Crippen LogP) is 3.94. The van der Waals surface area contributed by atoms with E-state index in [1.807, 2.05) is 45.0 Å². The fourth-order valence-corrected chi connectivity index (χ4v) is 2.35. The van der Waals surface area contributed by atoms with Crippen molar-refractivity contribution in [2.45, 2.75) is 32.8 Å². The maximum Gasteiger partial charge on any atom is 0.410 e. The van der Waals surface area contributed by atoms with Crippen LogP contribution in [0.3, 0.4) is 0 Å². The van der Waals surface area contributed by atoms with Gasteiger partial charge in [0.05, 0.1) is 6.54 Å². The fraction of sp³-hybridized carbons (Fsp3) is 0.500. The Hall–Kier alpha value is -1.77. The zero-order chi connectivity index (χ0) is 20.4. The number of carbonyl (C=O) groups excluding carboxylic acids is 2. The first-order valence-electron chi connectivity index (χ1n) is 8.82. The second-order valence-electron chi connectivity index (χ2n) is 7.19. The third kappa shape index (κ3) is 10.2.